The van der Waals surface area contributed by atoms with E-state index < -0.39 is 0 Å². The molecule has 1 heterocycles. The smallest absolute Gasteiger partial charge is 0.224 e. The Bertz CT molecular complexity index is 602. The van der Waals surface area contributed by atoms with E-state index in [4.69, 9.17) is 4.74 Å². The number of benzene rings is 1. The Kier molecular flexibility index (Phi) is 3.57. The molecule has 0 N–H and O–H groups in total. The van der Waals surface area contributed by atoms with Crippen LogP contribution in [-0.4, -0.2) is 10.9 Å². The monoisotopic (exact) mass is 243 g/mol. The van der Waals surface area contributed by atoms with Crippen LogP contribution in [0.25, 0.3) is 0 Å². The van der Waals surface area contributed by atoms with Crippen molar-refractivity contribution in [1.82, 2.24) is 4.57 Å². The van der Waals surface area contributed by atoms with Crippen molar-refractivity contribution in [2.24, 2.45) is 7.05 Å². The van der Waals surface area contributed by atoms with Crippen molar-refractivity contribution in [1.29, 1.82) is 0 Å². The maximum absolute atomic E-state index is 11.7. The Morgan fingerprint density at radius 3 is 2.67 bits per heavy atom. The van der Waals surface area contributed by atoms with Crippen LogP contribution in [0, 0.1) is 0 Å². The van der Waals surface area contributed by atoms with Crippen molar-refractivity contribution >= 4 is 6.29 Å². The fourth-order valence-electron chi connectivity index (χ4n) is 1.58. The minimum Gasteiger partial charge on any atom is -0.483 e. The van der Waals surface area contributed by atoms with Gasteiger partial charge in [0.15, 0.2) is 12.0 Å². The van der Waals surface area contributed by atoms with Crippen LogP contribution < -0.4 is 10.2 Å². The highest BCUT2D eigenvalue weighted by atomic mass is 16.5. The Morgan fingerprint density at radius 1 is 1.28 bits per heavy atom. The predicted octanol–water partition coefficient (Wildman–Crippen LogP) is 1.78. The summed E-state index contributed by atoms with van der Waals surface area (Å²) in [6.45, 7) is 0.330. The van der Waals surface area contributed by atoms with E-state index in [9.17, 15) is 9.59 Å². The van der Waals surface area contributed by atoms with Crippen molar-refractivity contribution in [2.45, 2.75) is 6.61 Å². The number of aryl methyl sites for hydroxylation is 1. The number of pyridine rings is 1. The molecule has 0 fully saturated rings. The third kappa shape index (κ3) is 2.66. The number of rotatable bonds is 4. The molecule has 2 rings (SSSR count). The molecular formula is C14H13NO3. The van der Waals surface area contributed by atoms with Gasteiger partial charge in [-0.1, -0.05) is 30.3 Å². The van der Waals surface area contributed by atoms with Crippen LogP contribution in [-0.2, 0) is 13.7 Å². The van der Waals surface area contributed by atoms with Crippen molar-refractivity contribution in [3.8, 4) is 5.75 Å². The third-order valence-electron chi connectivity index (χ3n) is 2.60. The summed E-state index contributed by atoms with van der Waals surface area (Å²) in [6.07, 6.45) is 2.16. The van der Waals surface area contributed by atoms with E-state index in [-0.39, 0.29) is 11.2 Å². The number of carbonyl (C=O) groups is 1. The molecule has 0 aliphatic rings. The first-order chi connectivity index (χ1) is 8.70. The summed E-state index contributed by atoms with van der Waals surface area (Å²) in [7, 11) is 1.69. The number of hydrogen-bond donors (Lipinski definition) is 0. The second-order valence-corrected chi connectivity index (χ2v) is 3.93. The Hall–Kier alpha value is -2.36. The molecule has 1 aromatic heterocycles. The summed E-state index contributed by atoms with van der Waals surface area (Å²) in [5.41, 5.74) is 1.03. The van der Waals surface area contributed by atoms with E-state index in [0.29, 0.717) is 18.6 Å². The van der Waals surface area contributed by atoms with E-state index in [2.05, 4.69) is 0 Å². The Balaban J connectivity index is 2.18. The van der Waals surface area contributed by atoms with E-state index in [1.165, 1.54) is 12.3 Å². The summed E-state index contributed by atoms with van der Waals surface area (Å²) in [4.78, 5) is 22.3. The van der Waals surface area contributed by atoms with Crippen molar-refractivity contribution < 1.29 is 9.53 Å². The lowest BCUT2D eigenvalue weighted by Gasteiger charge is -2.08. The highest BCUT2D eigenvalue weighted by Crippen LogP contribution is 2.08. The second kappa shape index (κ2) is 5.31. The van der Waals surface area contributed by atoms with Gasteiger partial charge in [-0.05, 0) is 5.56 Å². The maximum Gasteiger partial charge on any atom is 0.224 e. The quantitative estimate of drug-likeness (QED) is 0.769. The van der Waals surface area contributed by atoms with Crippen LogP contribution in [0.1, 0.15) is 16.1 Å². The molecule has 18 heavy (non-hydrogen) atoms. The normalized spacial score (nSPS) is 10.1. The van der Waals surface area contributed by atoms with Crippen LogP contribution in [0.2, 0.25) is 0 Å². The standard InChI is InChI=1S/C14H13NO3/c1-15-8-14(13(17)7-12(15)9-16)18-10-11-5-3-2-4-6-11/h2-9H,10H2,1H3. The molecule has 4 heteroatoms. The molecule has 0 saturated heterocycles. The van der Waals surface area contributed by atoms with Crippen LogP contribution in [0.15, 0.2) is 47.4 Å². The fourth-order valence-corrected chi connectivity index (χ4v) is 1.58. The number of aldehydes is 1. The maximum atomic E-state index is 11.7. The molecule has 0 radical (unpaired) electrons. The molecule has 1 aromatic carbocycles. The zero-order chi connectivity index (χ0) is 13.0. The average molecular weight is 243 g/mol. The Morgan fingerprint density at radius 2 is 2.00 bits per heavy atom. The molecule has 0 amide bonds. The predicted molar refractivity (Wildman–Crippen MR) is 67.8 cm³/mol. The van der Waals surface area contributed by atoms with Crippen molar-refractivity contribution in [3.63, 3.8) is 0 Å². The lowest BCUT2D eigenvalue weighted by molar-refractivity contribution is 0.111. The fraction of sp³-hybridized carbons (Fsp3) is 0.143. The van der Waals surface area contributed by atoms with Gasteiger partial charge in [0.1, 0.15) is 6.61 Å². The SMILES string of the molecule is Cn1cc(OCc2ccccc2)c(=O)cc1C=O. The van der Waals surface area contributed by atoms with Gasteiger partial charge in [0.25, 0.3) is 0 Å². The zero-order valence-corrected chi connectivity index (χ0v) is 10.00. The third-order valence-corrected chi connectivity index (χ3v) is 2.60. The van der Waals surface area contributed by atoms with Gasteiger partial charge in [0, 0.05) is 13.1 Å². The van der Waals surface area contributed by atoms with Gasteiger partial charge >= 0.3 is 0 Å². The Labute approximate surface area is 104 Å². The van der Waals surface area contributed by atoms with E-state index >= 15 is 0 Å². The average Bonchev–Trinajstić information content (AvgIpc) is 2.40. The second-order valence-electron chi connectivity index (χ2n) is 3.93. The summed E-state index contributed by atoms with van der Waals surface area (Å²) in [5, 5.41) is 0. The molecule has 0 atom stereocenters. The van der Waals surface area contributed by atoms with Crippen LogP contribution in [0.3, 0.4) is 0 Å². The molecule has 0 aliphatic carbocycles. The molecule has 0 spiro atoms. The van der Waals surface area contributed by atoms with E-state index in [0.717, 1.165) is 5.56 Å². The lowest BCUT2D eigenvalue weighted by atomic mass is 10.2. The minimum absolute atomic E-state index is 0.243. The number of hydrogen-bond acceptors (Lipinski definition) is 3. The van der Waals surface area contributed by atoms with E-state index in [1.807, 2.05) is 30.3 Å². The van der Waals surface area contributed by atoms with Crippen LogP contribution in [0.4, 0.5) is 0 Å². The summed E-state index contributed by atoms with van der Waals surface area (Å²) >= 11 is 0. The topological polar surface area (TPSA) is 48.3 Å². The first-order valence-corrected chi connectivity index (χ1v) is 5.53. The van der Waals surface area contributed by atoms with E-state index in [1.54, 1.807) is 11.6 Å². The highest BCUT2D eigenvalue weighted by molar-refractivity contribution is 5.72. The largest absolute Gasteiger partial charge is 0.483 e. The van der Waals surface area contributed by atoms with Gasteiger partial charge < -0.3 is 9.30 Å². The molecule has 2 aromatic rings. The zero-order valence-electron chi connectivity index (χ0n) is 10.00. The summed E-state index contributed by atoms with van der Waals surface area (Å²) in [6, 6.07) is 10.8. The summed E-state index contributed by atoms with van der Waals surface area (Å²) < 4.78 is 7.02. The number of aromatic nitrogens is 1. The van der Waals surface area contributed by atoms with Crippen molar-refractivity contribution in [3.05, 3.63) is 64.1 Å². The number of nitrogens with zero attached hydrogens (tertiary/aromatic N) is 1. The van der Waals surface area contributed by atoms with Crippen LogP contribution >= 0.6 is 0 Å². The van der Waals surface area contributed by atoms with Crippen molar-refractivity contribution in [2.75, 3.05) is 0 Å². The number of ether oxygens (including phenoxy) is 1. The van der Waals surface area contributed by atoms with Crippen LogP contribution in [0.5, 0.6) is 5.75 Å². The summed E-state index contributed by atoms with van der Waals surface area (Å²) in [5.74, 6) is 0.243. The molecule has 0 aliphatic heterocycles. The molecule has 0 saturated carbocycles. The lowest BCUT2D eigenvalue weighted by Crippen LogP contribution is -2.13. The number of carbonyl (C=O) groups excluding carboxylic acids is 1. The molecule has 0 bridgehead atoms. The van der Waals surface area contributed by atoms with Gasteiger partial charge in [-0.15, -0.1) is 0 Å². The minimum atomic E-state index is -0.286. The highest BCUT2D eigenvalue weighted by Gasteiger charge is 2.05. The van der Waals surface area contributed by atoms with Gasteiger partial charge in [-0.3, -0.25) is 9.59 Å². The van der Waals surface area contributed by atoms with Gasteiger partial charge in [-0.2, -0.15) is 0 Å². The first-order valence-electron chi connectivity index (χ1n) is 5.53. The molecular weight excluding hydrogens is 230 g/mol. The van der Waals surface area contributed by atoms with Gasteiger partial charge in [0.2, 0.25) is 5.43 Å². The first kappa shape index (κ1) is 12.1. The molecule has 0 unspecified atom stereocenters. The van der Waals surface area contributed by atoms with Gasteiger partial charge in [-0.25, -0.2) is 0 Å². The van der Waals surface area contributed by atoms with Gasteiger partial charge in [0.05, 0.1) is 11.9 Å². The molecule has 92 valence electrons. The molecule has 4 nitrogen and oxygen atoms in total.